The van der Waals surface area contributed by atoms with Crippen molar-refractivity contribution < 1.29 is 14.1 Å². The summed E-state index contributed by atoms with van der Waals surface area (Å²) in [6, 6.07) is 8.93. The topological polar surface area (TPSA) is 52.4 Å². The number of nitro groups is 1. The first kappa shape index (κ1) is 14.2. The molecular formula is C12H6BrFINO3. The molecule has 0 spiro atoms. The Kier molecular flexibility index (Phi) is 4.35. The van der Waals surface area contributed by atoms with Gasteiger partial charge in [0.05, 0.1) is 8.49 Å². The Hall–Kier alpha value is -1.22. The highest BCUT2D eigenvalue weighted by atomic mass is 127. The van der Waals surface area contributed by atoms with Crippen LogP contribution in [0.5, 0.6) is 11.5 Å². The van der Waals surface area contributed by atoms with Crippen LogP contribution < -0.4 is 4.74 Å². The van der Waals surface area contributed by atoms with E-state index in [4.69, 9.17) is 4.74 Å². The lowest BCUT2D eigenvalue weighted by atomic mass is 10.3. The number of nitro benzene ring substituents is 1. The van der Waals surface area contributed by atoms with Crippen LogP contribution in [-0.2, 0) is 0 Å². The Bertz CT molecular complexity index is 651. The highest BCUT2D eigenvalue weighted by molar-refractivity contribution is 14.1. The summed E-state index contributed by atoms with van der Waals surface area (Å²) in [7, 11) is 0. The molecule has 0 N–H and O–H groups in total. The first-order valence-electron chi connectivity index (χ1n) is 5.04. The molecule has 19 heavy (non-hydrogen) atoms. The van der Waals surface area contributed by atoms with E-state index >= 15 is 0 Å². The van der Waals surface area contributed by atoms with Gasteiger partial charge in [-0.3, -0.25) is 10.1 Å². The van der Waals surface area contributed by atoms with E-state index in [1.807, 2.05) is 0 Å². The van der Waals surface area contributed by atoms with Gasteiger partial charge in [-0.1, -0.05) is 22.0 Å². The van der Waals surface area contributed by atoms with Crippen molar-refractivity contribution in [2.45, 2.75) is 0 Å². The molecule has 0 saturated heterocycles. The van der Waals surface area contributed by atoms with E-state index in [0.29, 0.717) is 5.75 Å². The number of nitrogens with zero attached hydrogens (tertiary/aromatic N) is 1. The molecule has 2 rings (SSSR count). The Balaban J connectivity index is 2.44. The molecule has 0 unspecified atom stereocenters. The average Bonchev–Trinajstić information content (AvgIpc) is 2.33. The first-order chi connectivity index (χ1) is 8.97. The van der Waals surface area contributed by atoms with Gasteiger partial charge >= 0.3 is 5.69 Å². The third-order valence-electron chi connectivity index (χ3n) is 2.22. The predicted molar refractivity (Wildman–Crippen MR) is 80.0 cm³/mol. The molecule has 2 aromatic rings. The van der Waals surface area contributed by atoms with Gasteiger partial charge < -0.3 is 4.74 Å². The van der Waals surface area contributed by atoms with E-state index in [-0.39, 0.29) is 15.0 Å². The van der Waals surface area contributed by atoms with Crippen LogP contribution in [-0.4, -0.2) is 4.92 Å². The summed E-state index contributed by atoms with van der Waals surface area (Å²) in [5.74, 6) is -0.296. The molecule has 0 bridgehead atoms. The van der Waals surface area contributed by atoms with Crippen molar-refractivity contribution in [3.63, 3.8) is 0 Å². The van der Waals surface area contributed by atoms with Crippen LogP contribution in [0.3, 0.4) is 0 Å². The molecule has 4 nitrogen and oxygen atoms in total. The molecule has 0 fully saturated rings. The molecule has 7 heteroatoms. The molecule has 0 aliphatic rings. The summed E-state index contributed by atoms with van der Waals surface area (Å²) in [6.07, 6.45) is 0. The standard InChI is InChI=1S/C12H6BrFINO3/c13-7-2-1-3-8(4-7)19-12-5-9(14)10(15)6-11(12)16(17)18/h1-6H. The van der Waals surface area contributed by atoms with Crippen LogP contribution in [0.15, 0.2) is 40.9 Å². The molecule has 0 radical (unpaired) electrons. The van der Waals surface area contributed by atoms with E-state index in [1.165, 1.54) is 0 Å². The molecule has 0 atom stereocenters. The van der Waals surface area contributed by atoms with Crippen molar-refractivity contribution in [3.05, 3.63) is 60.4 Å². The average molecular weight is 438 g/mol. The van der Waals surface area contributed by atoms with Crippen LogP contribution in [0.25, 0.3) is 0 Å². The summed E-state index contributed by atoms with van der Waals surface area (Å²) >= 11 is 4.95. The summed E-state index contributed by atoms with van der Waals surface area (Å²) in [4.78, 5) is 10.3. The lowest BCUT2D eigenvalue weighted by Gasteiger charge is -2.07. The van der Waals surface area contributed by atoms with Crippen molar-refractivity contribution >= 4 is 44.2 Å². The molecule has 0 aliphatic heterocycles. The minimum absolute atomic E-state index is 0.124. The fourth-order valence-electron chi connectivity index (χ4n) is 1.40. The molecule has 0 heterocycles. The Morgan fingerprint density at radius 3 is 2.68 bits per heavy atom. The molecule has 98 valence electrons. The van der Waals surface area contributed by atoms with Gasteiger partial charge in [-0.25, -0.2) is 4.39 Å². The number of ether oxygens (including phenoxy) is 1. The van der Waals surface area contributed by atoms with E-state index < -0.39 is 10.7 Å². The summed E-state index contributed by atoms with van der Waals surface area (Å²) in [5, 5.41) is 10.9. The van der Waals surface area contributed by atoms with Gasteiger partial charge in [0.15, 0.2) is 0 Å². The lowest BCUT2D eigenvalue weighted by Crippen LogP contribution is -1.96. The fraction of sp³-hybridized carbons (Fsp3) is 0. The van der Waals surface area contributed by atoms with Crippen LogP contribution in [0.4, 0.5) is 10.1 Å². The molecular weight excluding hydrogens is 432 g/mol. The summed E-state index contributed by atoms with van der Waals surface area (Å²) < 4.78 is 19.8. The van der Waals surface area contributed by atoms with Crippen LogP contribution in [0.1, 0.15) is 0 Å². The quantitative estimate of drug-likeness (QED) is 0.390. The molecule has 2 aromatic carbocycles. The van der Waals surface area contributed by atoms with E-state index in [1.54, 1.807) is 46.9 Å². The van der Waals surface area contributed by atoms with E-state index in [9.17, 15) is 14.5 Å². The van der Waals surface area contributed by atoms with Gasteiger partial charge in [0.25, 0.3) is 0 Å². The summed E-state index contributed by atoms with van der Waals surface area (Å²) in [5.41, 5.74) is -0.272. The Morgan fingerprint density at radius 2 is 2.05 bits per heavy atom. The molecule has 0 aliphatic carbocycles. The number of rotatable bonds is 3. The van der Waals surface area contributed by atoms with Gasteiger partial charge in [0.1, 0.15) is 11.6 Å². The molecule has 0 amide bonds. The van der Waals surface area contributed by atoms with Crippen molar-refractivity contribution in [2.75, 3.05) is 0 Å². The number of benzene rings is 2. The highest BCUT2D eigenvalue weighted by Gasteiger charge is 2.19. The van der Waals surface area contributed by atoms with Gasteiger partial charge in [-0.2, -0.15) is 0 Å². The first-order valence-corrected chi connectivity index (χ1v) is 6.91. The predicted octanol–water partition coefficient (Wildman–Crippen LogP) is 4.89. The Labute approximate surface area is 130 Å². The minimum atomic E-state index is -0.602. The lowest BCUT2D eigenvalue weighted by molar-refractivity contribution is -0.385. The zero-order chi connectivity index (χ0) is 14.0. The van der Waals surface area contributed by atoms with Gasteiger partial charge in [-0.15, -0.1) is 0 Å². The fourth-order valence-corrected chi connectivity index (χ4v) is 2.23. The van der Waals surface area contributed by atoms with Crippen molar-refractivity contribution in [1.82, 2.24) is 0 Å². The maximum Gasteiger partial charge on any atom is 0.312 e. The second-order valence-corrected chi connectivity index (χ2v) is 5.63. The largest absolute Gasteiger partial charge is 0.450 e. The third-order valence-corrected chi connectivity index (χ3v) is 3.54. The second kappa shape index (κ2) is 5.83. The SMILES string of the molecule is O=[N+]([O-])c1cc(I)c(F)cc1Oc1cccc(Br)c1. The van der Waals surface area contributed by atoms with Gasteiger partial charge in [0, 0.05) is 16.6 Å². The highest BCUT2D eigenvalue weighted by Crippen LogP contribution is 2.34. The smallest absolute Gasteiger partial charge is 0.312 e. The maximum absolute atomic E-state index is 13.5. The number of hydrogen-bond donors (Lipinski definition) is 0. The number of halogens is 3. The van der Waals surface area contributed by atoms with Crippen LogP contribution in [0.2, 0.25) is 0 Å². The third kappa shape index (κ3) is 3.41. The summed E-state index contributed by atoms with van der Waals surface area (Å²) in [6.45, 7) is 0. The Morgan fingerprint density at radius 1 is 1.32 bits per heavy atom. The zero-order valence-corrected chi connectivity index (χ0v) is 13.0. The van der Waals surface area contributed by atoms with Gasteiger partial charge in [0.2, 0.25) is 5.75 Å². The van der Waals surface area contributed by atoms with E-state index in [2.05, 4.69) is 15.9 Å². The maximum atomic E-state index is 13.5. The molecule has 0 saturated carbocycles. The normalized spacial score (nSPS) is 10.3. The van der Waals surface area contributed by atoms with Crippen molar-refractivity contribution in [1.29, 1.82) is 0 Å². The van der Waals surface area contributed by atoms with Crippen molar-refractivity contribution in [2.24, 2.45) is 0 Å². The number of hydrogen-bond acceptors (Lipinski definition) is 3. The minimum Gasteiger partial charge on any atom is -0.450 e. The zero-order valence-electron chi connectivity index (χ0n) is 9.27. The monoisotopic (exact) mass is 437 g/mol. The van der Waals surface area contributed by atoms with Gasteiger partial charge in [-0.05, 0) is 40.8 Å². The van der Waals surface area contributed by atoms with Crippen molar-refractivity contribution in [3.8, 4) is 11.5 Å². The second-order valence-electron chi connectivity index (χ2n) is 3.55. The van der Waals surface area contributed by atoms with Crippen LogP contribution in [0, 0.1) is 19.5 Å². The van der Waals surface area contributed by atoms with Crippen LogP contribution >= 0.6 is 38.5 Å². The molecule has 0 aromatic heterocycles. The van der Waals surface area contributed by atoms with E-state index in [0.717, 1.165) is 16.6 Å².